The predicted molar refractivity (Wildman–Crippen MR) is 88.9 cm³/mol. The van der Waals surface area contributed by atoms with E-state index in [-0.39, 0.29) is 12.6 Å². The number of anilines is 1. The second kappa shape index (κ2) is 9.46. The van der Waals surface area contributed by atoms with Gasteiger partial charge in [0.05, 0.1) is 17.6 Å². The van der Waals surface area contributed by atoms with Gasteiger partial charge in [-0.3, -0.25) is 4.68 Å². The maximum Gasteiger partial charge on any atom is 0.319 e. The third kappa shape index (κ3) is 5.67. The zero-order valence-corrected chi connectivity index (χ0v) is 14.2. The van der Waals surface area contributed by atoms with Crippen molar-refractivity contribution in [1.82, 2.24) is 15.1 Å². The molecule has 0 saturated heterocycles. The first-order valence-electron chi connectivity index (χ1n) is 8.22. The van der Waals surface area contributed by atoms with E-state index in [1.54, 1.807) is 6.20 Å². The van der Waals surface area contributed by atoms with Gasteiger partial charge >= 0.3 is 6.03 Å². The molecule has 1 aromatic heterocycles. The zero-order valence-electron chi connectivity index (χ0n) is 14.2. The summed E-state index contributed by atoms with van der Waals surface area (Å²) in [7, 11) is 0. The highest BCUT2D eigenvalue weighted by Gasteiger charge is 2.13. The fraction of sp³-hybridized carbons (Fsp3) is 0.750. The van der Waals surface area contributed by atoms with Crippen molar-refractivity contribution in [3.05, 3.63) is 11.9 Å². The van der Waals surface area contributed by atoms with Gasteiger partial charge in [-0.25, -0.2) is 4.79 Å². The molecule has 0 aliphatic rings. The minimum Gasteiger partial charge on any atom is -0.396 e. The van der Waals surface area contributed by atoms with Gasteiger partial charge in [0.25, 0.3) is 0 Å². The summed E-state index contributed by atoms with van der Waals surface area (Å²) in [6, 6.07) is -0.213. The lowest BCUT2D eigenvalue weighted by Gasteiger charge is -2.15. The Hall–Kier alpha value is -1.56. The highest BCUT2D eigenvalue weighted by Crippen LogP contribution is 2.17. The van der Waals surface area contributed by atoms with Gasteiger partial charge in [-0.15, -0.1) is 0 Å². The van der Waals surface area contributed by atoms with Crippen LogP contribution in [0.15, 0.2) is 6.20 Å². The van der Waals surface area contributed by atoms with Crippen molar-refractivity contribution in [2.45, 2.75) is 53.5 Å². The van der Waals surface area contributed by atoms with Crippen molar-refractivity contribution >= 4 is 11.7 Å². The molecule has 2 amide bonds. The average molecular weight is 310 g/mol. The molecule has 1 aromatic rings. The van der Waals surface area contributed by atoms with Gasteiger partial charge in [-0.1, -0.05) is 34.1 Å². The molecule has 3 N–H and O–H groups in total. The van der Waals surface area contributed by atoms with Gasteiger partial charge in [-0.2, -0.15) is 5.10 Å². The number of nitrogens with zero attached hydrogens (tertiary/aromatic N) is 2. The second-order valence-electron chi connectivity index (χ2n) is 6.06. The van der Waals surface area contributed by atoms with Crippen molar-refractivity contribution in [1.29, 1.82) is 0 Å². The van der Waals surface area contributed by atoms with E-state index in [2.05, 4.69) is 43.4 Å². The molecule has 0 aliphatic carbocycles. The Morgan fingerprint density at radius 3 is 2.68 bits per heavy atom. The monoisotopic (exact) mass is 310 g/mol. The van der Waals surface area contributed by atoms with Crippen LogP contribution in [0.5, 0.6) is 0 Å². The molecule has 0 spiro atoms. The Balaban J connectivity index is 2.58. The summed E-state index contributed by atoms with van der Waals surface area (Å²) in [4.78, 5) is 12.0. The minimum absolute atomic E-state index is 0.157. The van der Waals surface area contributed by atoms with Crippen molar-refractivity contribution in [3.8, 4) is 0 Å². The summed E-state index contributed by atoms with van der Waals surface area (Å²) in [5.74, 6) is 0.820. The maximum atomic E-state index is 12.0. The number of aliphatic hydroxyl groups is 1. The number of nitrogens with one attached hydrogen (secondary N) is 2. The summed E-state index contributed by atoms with van der Waals surface area (Å²) < 4.78 is 1.96. The van der Waals surface area contributed by atoms with Crippen LogP contribution in [0.1, 0.15) is 46.2 Å². The summed E-state index contributed by atoms with van der Waals surface area (Å²) in [6.07, 6.45) is 4.19. The number of carbonyl (C=O) groups is 1. The van der Waals surface area contributed by atoms with E-state index in [0.717, 1.165) is 30.8 Å². The van der Waals surface area contributed by atoms with E-state index >= 15 is 0 Å². The molecule has 0 bridgehead atoms. The molecule has 0 saturated carbocycles. The Morgan fingerprint density at radius 1 is 1.41 bits per heavy atom. The normalized spacial score (nSPS) is 12.5. The lowest BCUT2D eigenvalue weighted by atomic mass is 10.0. The van der Waals surface area contributed by atoms with Crippen molar-refractivity contribution in [3.63, 3.8) is 0 Å². The number of carbonyl (C=O) groups excluding carboxylic acids is 1. The van der Waals surface area contributed by atoms with E-state index in [1.807, 2.05) is 4.68 Å². The van der Waals surface area contributed by atoms with Crippen LogP contribution in [0, 0.1) is 11.8 Å². The standard InChI is InChI=1S/C16H30N4O2/c1-5-13(7-8-21)9-17-16(22)19-14-10-18-20(11-12(3)4)15(14)6-2/h10,12-13,21H,5-9,11H2,1-4H3,(H2,17,19,22). The molecule has 6 nitrogen and oxygen atoms in total. The van der Waals surface area contributed by atoms with Crippen LogP contribution in [0.25, 0.3) is 0 Å². The SMILES string of the molecule is CCc1c(NC(=O)NCC(CC)CCO)cnn1CC(C)C. The number of rotatable bonds is 9. The summed E-state index contributed by atoms with van der Waals surface area (Å²) in [5.41, 5.74) is 1.82. The van der Waals surface area contributed by atoms with Crippen LogP contribution in [-0.4, -0.2) is 34.1 Å². The smallest absolute Gasteiger partial charge is 0.319 e. The van der Waals surface area contributed by atoms with Gasteiger partial charge in [0.2, 0.25) is 0 Å². The van der Waals surface area contributed by atoms with Gasteiger partial charge in [0.15, 0.2) is 0 Å². The number of aliphatic hydroxyl groups excluding tert-OH is 1. The molecule has 0 fully saturated rings. The highest BCUT2D eigenvalue weighted by atomic mass is 16.3. The Morgan fingerprint density at radius 2 is 2.14 bits per heavy atom. The Labute approximate surface area is 133 Å². The van der Waals surface area contributed by atoms with Gasteiger partial charge in [0.1, 0.15) is 0 Å². The van der Waals surface area contributed by atoms with Crippen LogP contribution in [0.2, 0.25) is 0 Å². The van der Waals surface area contributed by atoms with E-state index in [1.165, 1.54) is 0 Å². The quantitative estimate of drug-likeness (QED) is 0.656. The summed E-state index contributed by atoms with van der Waals surface area (Å²) in [6.45, 7) is 9.99. The van der Waals surface area contributed by atoms with Gasteiger partial charge in [0, 0.05) is 19.7 Å². The number of hydrogen-bond acceptors (Lipinski definition) is 3. The van der Waals surface area contributed by atoms with Crippen LogP contribution in [0.3, 0.4) is 0 Å². The van der Waals surface area contributed by atoms with Gasteiger partial charge in [-0.05, 0) is 24.7 Å². The van der Waals surface area contributed by atoms with Crippen LogP contribution >= 0.6 is 0 Å². The first kappa shape index (κ1) is 18.5. The maximum absolute atomic E-state index is 12.0. The molecule has 0 aliphatic heterocycles. The molecular formula is C16H30N4O2. The van der Waals surface area contributed by atoms with Crippen LogP contribution in [0.4, 0.5) is 10.5 Å². The molecule has 0 radical (unpaired) electrons. The molecular weight excluding hydrogens is 280 g/mol. The Kier molecular flexibility index (Phi) is 7.95. The Bertz CT molecular complexity index is 457. The second-order valence-corrected chi connectivity index (χ2v) is 6.06. The molecule has 1 rings (SSSR count). The van der Waals surface area contributed by atoms with E-state index in [4.69, 9.17) is 5.11 Å². The molecule has 1 unspecified atom stereocenters. The first-order valence-corrected chi connectivity index (χ1v) is 8.22. The van der Waals surface area contributed by atoms with Gasteiger partial charge < -0.3 is 15.7 Å². The number of aromatic nitrogens is 2. The third-order valence-corrected chi connectivity index (χ3v) is 3.74. The molecule has 1 heterocycles. The zero-order chi connectivity index (χ0) is 16.5. The minimum atomic E-state index is -0.213. The summed E-state index contributed by atoms with van der Waals surface area (Å²) in [5, 5.41) is 19.1. The predicted octanol–water partition coefficient (Wildman–Crippen LogP) is 2.63. The third-order valence-electron chi connectivity index (χ3n) is 3.74. The number of amides is 2. The van der Waals surface area contributed by atoms with Crippen molar-refractivity contribution in [2.24, 2.45) is 11.8 Å². The molecule has 22 heavy (non-hydrogen) atoms. The fourth-order valence-electron chi connectivity index (χ4n) is 2.43. The van der Waals surface area contributed by atoms with E-state index in [9.17, 15) is 4.79 Å². The molecule has 6 heteroatoms. The highest BCUT2D eigenvalue weighted by molar-refractivity contribution is 5.89. The lowest BCUT2D eigenvalue weighted by molar-refractivity contribution is 0.238. The average Bonchev–Trinajstić information content (AvgIpc) is 2.84. The molecule has 0 aromatic carbocycles. The van der Waals surface area contributed by atoms with E-state index < -0.39 is 0 Å². The van der Waals surface area contributed by atoms with Crippen molar-refractivity contribution < 1.29 is 9.90 Å². The van der Waals surface area contributed by atoms with Crippen LogP contribution in [-0.2, 0) is 13.0 Å². The lowest BCUT2D eigenvalue weighted by Crippen LogP contribution is -2.33. The van der Waals surface area contributed by atoms with Crippen LogP contribution < -0.4 is 10.6 Å². The molecule has 1 atom stereocenters. The summed E-state index contributed by atoms with van der Waals surface area (Å²) >= 11 is 0. The topological polar surface area (TPSA) is 79.2 Å². The first-order chi connectivity index (χ1) is 10.5. The molecule has 126 valence electrons. The fourth-order valence-corrected chi connectivity index (χ4v) is 2.43. The van der Waals surface area contributed by atoms with E-state index in [0.29, 0.717) is 24.8 Å². The largest absolute Gasteiger partial charge is 0.396 e. The van der Waals surface area contributed by atoms with Crippen molar-refractivity contribution in [2.75, 3.05) is 18.5 Å². The number of urea groups is 1. The number of hydrogen-bond donors (Lipinski definition) is 3.